The van der Waals surface area contributed by atoms with Gasteiger partial charge in [0.1, 0.15) is 17.6 Å². The van der Waals surface area contributed by atoms with Crippen LogP contribution in [0.2, 0.25) is 0 Å². The van der Waals surface area contributed by atoms with Crippen LogP contribution >= 0.6 is 0 Å². The Bertz CT molecular complexity index is 802. The first-order valence-corrected chi connectivity index (χ1v) is 12.9. The maximum absolute atomic E-state index is 14.2. The van der Waals surface area contributed by atoms with Crippen LogP contribution in [-0.4, -0.2) is 80.8 Å². The predicted octanol–water partition coefficient (Wildman–Crippen LogP) is 2.84. The van der Waals surface area contributed by atoms with Crippen molar-refractivity contribution in [1.82, 2.24) is 9.80 Å². The average molecular weight is 479 g/mol. The molecule has 3 rings (SSSR count). The molecule has 192 valence electrons. The van der Waals surface area contributed by atoms with Crippen LogP contribution in [0.5, 0.6) is 0 Å². The number of carbonyl (C=O) groups is 3. The molecule has 3 saturated heterocycles. The Morgan fingerprint density at radius 1 is 1.32 bits per heavy atom. The number of fused-ring (bicyclic) bond motifs is 1. The Hall–Kier alpha value is -1.93. The van der Waals surface area contributed by atoms with Gasteiger partial charge in [-0.05, 0) is 45.4 Å². The van der Waals surface area contributed by atoms with Crippen LogP contribution in [0.4, 0.5) is 0 Å². The molecule has 0 aromatic rings. The van der Waals surface area contributed by atoms with E-state index >= 15 is 0 Å². The second-order valence-electron chi connectivity index (χ2n) is 10.6. The van der Waals surface area contributed by atoms with Crippen LogP contribution in [-0.2, 0) is 19.1 Å². The lowest BCUT2D eigenvalue weighted by atomic mass is 9.62. The third-order valence-electron chi connectivity index (χ3n) is 8.47. The highest BCUT2D eigenvalue weighted by atomic mass is 16.5. The third kappa shape index (κ3) is 4.17. The summed E-state index contributed by atoms with van der Waals surface area (Å²) in [6.07, 6.45) is 6.98. The van der Waals surface area contributed by atoms with Crippen LogP contribution in [0.3, 0.4) is 0 Å². The van der Waals surface area contributed by atoms with Crippen molar-refractivity contribution in [3.8, 4) is 0 Å². The van der Waals surface area contributed by atoms with Gasteiger partial charge in [0.15, 0.2) is 0 Å². The molecule has 1 spiro atoms. The van der Waals surface area contributed by atoms with Gasteiger partial charge in [-0.15, -0.1) is 6.58 Å². The Morgan fingerprint density at radius 3 is 2.59 bits per heavy atom. The first-order valence-electron chi connectivity index (χ1n) is 12.9. The highest BCUT2D eigenvalue weighted by molar-refractivity contribution is 5.98. The van der Waals surface area contributed by atoms with Crippen LogP contribution in [0.15, 0.2) is 12.7 Å². The molecule has 34 heavy (non-hydrogen) atoms. The van der Waals surface area contributed by atoms with E-state index in [1.165, 1.54) is 0 Å². The summed E-state index contributed by atoms with van der Waals surface area (Å²) >= 11 is 0. The number of unbranched alkanes of at least 4 members (excludes halogenated alkanes) is 3. The molecule has 2 N–H and O–H groups in total. The second-order valence-corrected chi connectivity index (χ2v) is 10.6. The number of rotatable bonds is 13. The number of carboxylic acid groups (broad SMARTS) is 1. The number of carboxylic acids is 1. The number of hydrogen-bond acceptors (Lipinski definition) is 5. The van der Waals surface area contributed by atoms with Crippen molar-refractivity contribution < 1.29 is 29.3 Å². The predicted molar refractivity (Wildman–Crippen MR) is 128 cm³/mol. The number of ether oxygens (including phenoxy) is 1. The van der Waals surface area contributed by atoms with Crippen molar-refractivity contribution in [3.63, 3.8) is 0 Å². The smallest absolute Gasteiger partial charge is 0.310 e. The fourth-order valence-electron chi connectivity index (χ4n) is 6.74. The van der Waals surface area contributed by atoms with Gasteiger partial charge < -0.3 is 24.7 Å². The zero-order valence-corrected chi connectivity index (χ0v) is 21.2. The second kappa shape index (κ2) is 10.4. The minimum atomic E-state index is -1.12. The summed E-state index contributed by atoms with van der Waals surface area (Å²) in [4.78, 5) is 43.8. The third-order valence-corrected chi connectivity index (χ3v) is 8.47. The Labute approximate surface area is 203 Å². The lowest BCUT2D eigenvalue weighted by Crippen LogP contribution is -2.58. The van der Waals surface area contributed by atoms with Crippen molar-refractivity contribution in [1.29, 1.82) is 0 Å². The van der Waals surface area contributed by atoms with Crippen LogP contribution in [0.1, 0.15) is 72.6 Å². The molecular weight excluding hydrogens is 436 g/mol. The fraction of sp³-hybridized carbons (Fsp3) is 0.808. The molecule has 0 saturated carbocycles. The molecule has 3 heterocycles. The Morgan fingerprint density at radius 2 is 2.00 bits per heavy atom. The number of nitrogens with zero attached hydrogens (tertiary/aromatic N) is 2. The van der Waals surface area contributed by atoms with Crippen LogP contribution in [0.25, 0.3) is 0 Å². The lowest BCUT2D eigenvalue weighted by molar-refractivity contribution is -0.158. The summed E-state index contributed by atoms with van der Waals surface area (Å²) in [6, 6.07) is -0.870. The van der Waals surface area contributed by atoms with Crippen molar-refractivity contribution in [2.24, 2.45) is 17.8 Å². The number of likely N-dealkylation sites (tertiary alicyclic amines) is 1. The van der Waals surface area contributed by atoms with Crippen molar-refractivity contribution in [2.75, 3.05) is 19.7 Å². The van der Waals surface area contributed by atoms with Gasteiger partial charge in [0, 0.05) is 25.7 Å². The van der Waals surface area contributed by atoms with E-state index < -0.39 is 35.0 Å². The van der Waals surface area contributed by atoms with E-state index in [2.05, 4.69) is 13.5 Å². The summed E-state index contributed by atoms with van der Waals surface area (Å²) in [5.74, 6) is -3.39. The molecular formula is C26H42N2O6. The first-order chi connectivity index (χ1) is 16.1. The van der Waals surface area contributed by atoms with E-state index in [0.717, 1.165) is 25.7 Å². The minimum absolute atomic E-state index is 0.0330. The lowest BCUT2D eigenvalue weighted by Gasteiger charge is -2.39. The number of aliphatic carboxylic acids is 1. The van der Waals surface area contributed by atoms with Gasteiger partial charge in [-0.2, -0.15) is 0 Å². The Balaban J connectivity index is 2.01. The first kappa shape index (κ1) is 26.7. The Kier molecular flexibility index (Phi) is 8.13. The molecule has 3 fully saturated rings. The SMILES string of the molecule is C=CCN(C(=O)C1N(CCCCCCO)C(=O)[C@@H]2[C@@H](C(=O)O)[C@]3(C)OC12CC3C)C(C)CCC. The minimum Gasteiger partial charge on any atom is -0.481 e. The summed E-state index contributed by atoms with van der Waals surface area (Å²) in [6.45, 7) is 12.5. The standard InChI is InChI=1S/C26H42N2O6/c1-6-12-18(4)27(13-7-2)23(31)21-26-16-17(3)25(5,34-26)20(24(32)33)19(26)22(30)28(21)14-10-8-9-11-15-29/h7,17-21,29H,2,6,8-16H2,1,3-5H3,(H,32,33)/t17?,18?,19-,20-,21?,25+,26?/m0/s1. The molecule has 2 amide bonds. The van der Waals surface area contributed by atoms with Crippen LogP contribution in [0, 0.1) is 17.8 Å². The van der Waals surface area contributed by atoms with Gasteiger partial charge in [-0.25, -0.2) is 0 Å². The summed E-state index contributed by atoms with van der Waals surface area (Å²) < 4.78 is 6.56. The number of hydrogen-bond donors (Lipinski definition) is 2. The average Bonchev–Trinajstić information content (AvgIpc) is 3.28. The molecule has 0 aromatic heterocycles. The maximum atomic E-state index is 14.2. The molecule has 0 radical (unpaired) electrons. The van der Waals surface area contributed by atoms with Gasteiger partial charge in [0.2, 0.25) is 11.8 Å². The van der Waals surface area contributed by atoms with Crippen molar-refractivity contribution in [2.45, 2.75) is 95.9 Å². The van der Waals surface area contributed by atoms with Crippen molar-refractivity contribution in [3.05, 3.63) is 12.7 Å². The molecule has 3 aliphatic heterocycles. The van der Waals surface area contributed by atoms with Gasteiger partial charge in [0.25, 0.3) is 0 Å². The number of amides is 2. The number of aliphatic hydroxyl groups is 1. The van der Waals surface area contributed by atoms with Crippen molar-refractivity contribution >= 4 is 17.8 Å². The quantitative estimate of drug-likeness (QED) is 0.311. The number of aliphatic hydroxyl groups excluding tert-OH is 1. The van der Waals surface area contributed by atoms with E-state index in [1.54, 1.807) is 22.8 Å². The molecule has 0 aliphatic carbocycles. The molecule has 8 nitrogen and oxygen atoms in total. The van der Waals surface area contributed by atoms with E-state index in [9.17, 15) is 19.5 Å². The normalized spacial score (nSPS) is 34.9. The maximum Gasteiger partial charge on any atom is 0.310 e. The molecule has 8 heteroatoms. The van der Waals surface area contributed by atoms with Gasteiger partial charge >= 0.3 is 5.97 Å². The monoisotopic (exact) mass is 478 g/mol. The molecule has 3 aliphatic rings. The van der Waals surface area contributed by atoms with Gasteiger partial charge in [-0.1, -0.05) is 39.2 Å². The van der Waals surface area contributed by atoms with Gasteiger partial charge in [0.05, 0.1) is 11.5 Å². The molecule has 2 bridgehead atoms. The molecule has 0 aromatic carbocycles. The largest absolute Gasteiger partial charge is 0.481 e. The molecule has 4 unspecified atom stereocenters. The number of carbonyl (C=O) groups excluding carboxylic acids is 2. The highest BCUT2D eigenvalue weighted by Gasteiger charge is 2.80. The van der Waals surface area contributed by atoms with E-state index in [0.29, 0.717) is 32.4 Å². The highest BCUT2D eigenvalue weighted by Crippen LogP contribution is 2.65. The van der Waals surface area contributed by atoms with E-state index in [1.807, 2.05) is 13.8 Å². The summed E-state index contributed by atoms with van der Waals surface area (Å²) in [5.41, 5.74) is -2.10. The summed E-state index contributed by atoms with van der Waals surface area (Å²) in [7, 11) is 0. The zero-order valence-electron chi connectivity index (χ0n) is 21.2. The van der Waals surface area contributed by atoms with E-state index in [4.69, 9.17) is 9.84 Å². The topological polar surface area (TPSA) is 107 Å². The van der Waals surface area contributed by atoms with Crippen LogP contribution < -0.4 is 0 Å². The summed E-state index contributed by atoms with van der Waals surface area (Å²) in [5, 5.41) is 19.2. The fourth-order valence-corrected chi connectivity index (χ4v) is 6.74. The molecule has 7 atom stereocenters. The zero-order chi connectivity index (χ0) is 25.3. The van der Waals surface area contributed by atoms with E-state index in [-0.39, 0.29) is 30.4 Å². The van der Waals surface area contributed by atoms with Gasteiger partial charge in [-0.3, -0.25) is 14.4 Å².